The zero-order chi connectivity index (χ0) is 14.8. The third-order valence-corrected chi connectivity index (χ3v) is 5.27. The first-order valence-electron chi connectivity index (χ1n) is 7.10. The van der Waals surface area contributed by atoms with Gasteiger partial charge in [0.15, 0.2) is 0 Å². The second-order valence-electron chi connectivity index (χ2n) is 5.50. The van der Waals surface area contributed by atoms with Gasteiger partial charge in [0.25, 0.3) is 0 Å². The Balaban J connectivity index is 1.89. The van der Waals surface area contributed by atoms with Crippen molar-refractivity contribution in [2.24, 2.45) is 5.92 Å². The number of aromatic nitrogens is 2. The Kier molecular flexibility index (Phi) is 4.82. The van der Waals surface area contributed by atoms with Crippen molar-refractivity contribution in [3.05, 3.63) is 18.2 Å². The van der Waals surface area contributed by atoms with Crippen molar-refractivity contribution in [1.82, 2.24) is 19.2 Å². The fraction of sp³-hybridized carbons (Fsp3) is 0.769. The maximum absolute atomic E-state index is 11.6. The van der Waals surface area contributed by atoms with E-state index in [0.717, 1.165) is 25.3 Å². The predicted octanol–water partition coefficient (Wildman–Crippen LogP) is 0.663. The topological polar surface area (TPSA) is 67.2 Å². The largest absolute Gasteiger partial charge is 0.334 e. The summed E-state index contributed by atoms with van der Waals surface area (Å²) in [6, 6.07) is 0.343. The maximum Gasteiger partial charge on any atom is 0.211 e. The molecule has 0 aliphatic carbocycles. The van der Waals surface area contributed by atoms with Gasteiger partial charge in [0.2, 0.25) is 10.0 Å². The second-order valence-corrected chi connectivity index (χ2v) is 7.49. The van der Waals surface area contributed by atoms with Crippen molar-refractivity contribution in [1.29, 1.82) is 0 Å². The van der Waals surface area contributed by atoms with Gasteiger partial charge in [0.1, 0.15) is 5.82 Å². The summed E-state index contributed by atoms with van der Waals surface area (Å²) in [6.45, 7) is 7.04. The second kappa shape index (κ2) is 6.24. The highest BCUT2D eigenvalue weighted by molar-refractivity contribution is 7.88. The fourth-order valence-electron chi connectivity index (χ4n) is 2.73. The first kappa shape index (κ1) is 15.5. The molecule has 2 atom stereocenters. The van der Waals surface area contributed by atoms with E-state index in [1.54, 1.807) is 4.31 Å². The van der Waals surface area contributed by atoms with Gasteiger partial charge >= 0.3 is 0 Å². The van der Waals surface area contributed by atoms with E-state index in [2.05, 4.69) is 28.7 Å². The van der Waals surface area contributed by atoms with Crippen LogP contribution in [-0.4, -0.2) is 47.7 Å². The Bertz CT molecular complexity index is 540. The van der Waals surface area contributed by atoms with Crippen LogP contribution in [-0.2, 0) is 23.1 Å². The molecule has 2 unspecified atom stereocenters. The van der Waals surface area contributed by atoms with Crippen molar-refractivity contribution in [2.75, 3.05) is 19.3 Å². The molecule has 2 heterocycles. The molecule has 20 heavy (non-hydrogen) atoms. The lowest BCUT2D eigenvalue weighted by molar-refractivity contribution is 0.218. The number of imidazole rings is 1. The quantitative estimate of drug-likeness (QED) is 0.867. The number of sulfonamides is 1. The van der Waals surface area contributed by atoms with E-state index in [1.807, 2.05) is 12.4 Å². The van der Waals surface area contributed by atoms with Gasteiger partial charge < -0.3 is 9.88 Å². The molecule has 0 amide bonds. The summed E-state index contributed by atoms with van der Waals surface area (Å²) in [4.78, 5) is 4.34. The molecule has 1 aromatic heterocycles. The van der Waals surface area contributed by atoms with Gasteiger partial charge in [0, 0.05) is 38.1 Å². The Morgan fingerprint density at radius 3 is 2.85 bits per heavy atom. The minimum atomic E-state index is -3.06. The molecule has 0 saturated carbocycles. The van der Waals surface area contributed by atoms with Gasteiger partial charge in [-0.1, -0.05) is 6.92 Å². The summed E-state index contributed by atoms with van der Waals surface area (Å²) in [5, 5.41) is 3.52. The van der Waals surface area contributed by atoms with Crippen molar-refractivity contribution >= 4 is 10.0 Å². The van der Waals surface area contributed by atoms with Crippen LogP contribution in [0.15, 0.2) is 12.4 Å². The highest BCUT2D eigenvalue weighted by Gasteiger charge is 2.30. The summed E-state index contributed by atoms with van der Waals surface area (Å²) in [5.41, 5.74) is 0. The van der Waals surface area contributed by atoms with E-state index in [1.165, 1.54) is 6.26 Å². The van der Waals surface area contributed by atoms with Crippen molar-refractivity contribution < 1.29 is 8.42 Å². The summed E-state index contributed by atoms with van der Waals surface area (Å²) in [6.07, 6.45) is 5.93. The first-order valence-corrected chi connectivity index (χ1v) is 8.95. The first-order chi connectivity index (χ1) is 9.41. The Hall–Kier alpha value is -0.920. The summed E-state index contributed by atoms with van der Waals surface area (Å²) in [7, 11) is -3.06. The van der Waals surface area contributed by atoms with Crippen molar-refractivity contribution in [3.63, 3.8) is 0 Å². The average molecular weight is 300 g/mol. The average Bonchev–Trinajstić information content (AvgIpc) is 2.83. The van der Waals surface area contributed by atoms with Crippen LogP contribution < -0.4 is 5.32 Å². The van der Waals surface area contributed by atoms with Crippen LogP contribution in [0.1, 0.15) is 26.1 Å². The minimum absolute atomic E-state index is 0.309. The molecular formula is C13H24N4O2S. The predicted molar refractivity (Wildman–Crippen MR) is 78.7 cm³/mol. The Labute approximate surface area is 121 Å². The third kappa shape index (κ3) is 3.59. The van der Waals surface area contributed by atoms with Crippen molar-refractivity contribution in [3.8, 4) is 0 Å². The Morgan fingerprint density at radius 2 is 2.25 bits per heavy atom. The smallest absolute Gasteiger partial charge is 0.211 e. The number of rotatable bonds is 5. The summed E-state index contributed by atoms with van der Waals surface area (Å²) >= 11 is 0. The van der Waals surface area contributed by atoms with E-state index >= 15 is 0 Å². The molecule has 1 saturated heterocycles. The van der Waals surface area contributed by atoms with E-state index in [0.29, 0.717) is 25.0 Å². The molecule has 1 aromatic rings. The molecule has 2 rings (SSSR count). The molecule has 0 aromatic carbocycles. The molecule has 1 aliphatic rings. The monoisotopic (exact) mass is 300 g/mol. The molecule has 1 N–H and O–H groups in total. The maximum atomic E-state index is 11.6. The fourth-order valence-corrected chi connectivity index (χ4v) is 3.67. The number of nitrogens with zero attached hydrogens (tertiary/aromatic N) is 3. The van der Waals surface area contributed by atoms with Gasteiger partial charge in [-0.15, -0.1) is 0 Å². The molecule has 114 valence electrons. The molecule has 0 bridgehead atoms. The van der Waals surface area contributed by atoms with Gasteiger partial charge in [-0.3, -0.25) is 0 Å². The number of hydrogen-bond acceptors (Lipinski definition) is 4. The van der Waals surface area contributed by atoms with Gasteiger partial charge in [-0.2, -0.15) is 0 Å². The van der Waals surface area contributed by atoms with E-state index < -0.39 is 10.0 Å². The number of aryl methyl sites for hydroxylation is 1. The summed E-state index contributed by atoms with van der Waals surface area (Å²) < 4.78 is 26.8. The van der Waals surface area contributed by atoms with E-state index in [4.69, 9.17) is 0 Å². The van der Waals surface area contributed by atoms with Crippen molar-refractivity contribution in [2.45, 2.75) is 39.4 Å². The lowest BCUT2D eigenvalue weighted by atomic mass is 9.95. The molecule has 1 fully saturated rings. The molecular weight excluding hydrogens is 276 g/mol. The highest BCUT2D eigenvalue weighted by Crippen LogP contribution is 2.19. The van der Waals surface area contributed by atoms with Crippen LogP contribution in [0.5, 0.6) is 0 Å². The van der Waals surface area contributed by atoms with Crippen LogP contribution in [0.4, 0.5) is 0 Å². The normalized spacial score (nSPS) is 24.9. The minimum Gasteiger partial charge on any atom is -0.334 e. The zero-order valence-electron chi connectivity index (χ0n) is 12.4. The molecule has 6 nitrogen and oxygen atoms in total. The standard InChI is InChI=1S/C13H24N4O2S/c1-4-16-8-6-14-13(16)9-15-12-5-7-17(10-11(12)2)20(3,18)19/h6,8,11-12,15H,4-5,7,9-10H2,1-3H3. The molecule has 7 heteroatoms. The van der Waals surface area contributed by atoms with Crippen LogP contribution in [0, 0.1) is 5.92 Å². The van der Waals surface area contributed by atoms with Crippen LogP contribution in [0.3, 0.4) is 0 Å². The van der Waals surface area contributed by atoms with Crippen LogP contribution in [0.2, 0.25) is 0 Å². The third-order valence-electron chi connectivity index (χ3n) is 4.00. The zero-order valence-corrected chi connectivity index (χ0v) is 13.2. The number of hydrogen-bond donors (Lipinski definition) is 1. The van der Waals surface area contributed by atoms with E-state index in [-0.39, 0.29) is 0 Å². The Morgan fingerprint density at radius 1 is 1.50 bits per heavy atom. The molecule has 1 aliphatic heterocycles. The lowest BCUT2D eigenvalue weighted by Crippen LogP contribution is -2.49. The summed E-state index contributed by atoms with van der Waals surface area (Å²) in [5.74, 6) is 1.34. The number of piperidine rings is 1. The SMILES string of the molecule is CCn1ccnc1CNC1CCN(S(C)(=O)=O)CC1C. The van der Waals surface area contributed by atoms with E-state index in [9.17, 15) is 8.42 Å². The lowest BCUT2D eigenvalue weighted by Gasteiger charge is -2.36. The highest BCUT2D eigenvalue weighted by atomic mass is 32.2. The van der Waals surface area contributed by atoms with Gasteiger partial charge in [-0.25, -0.2) is 17.7 Å². The molecule has 0 spiro atoms. The van der Waals surface area contributed by atoms with Crippen LogP contribution in [0.25, 0.3) is 0 Å². The van der Waals surface area contributed by atoms with Gasteiger partial charge in [0.05, 0.1) is 12.8 Å². The number of nitrogens with one attached hydrogen (secondary N) is 1. The van der Waals surface area contributed by atoms with Gasteiger partial charge in [-0.05, 0) is 19.3 Å². The molecule has 0 radical (unpaired) electrons. The van der Waals surface area contributed by atoms with Crippen LogP contribution >= 0.6 is 0 Å².